The SMILES string of the molecule is COc1ccc(CC(=O)[C@H](CCCCN)NC(=O)c2cc(CC(=O)[C@H](CCCCN)NC(=O)c3cc(CC(=O)[C@H](CCCCN)NC(=O)c4cc(CC(=O)[C@H](CCCCN)NC(=O)[C@@H](N)Cc5ccccc5)ccc4OC)ccc3OC)ccc2OCC(=O)O)cc1C(N)=O. The molecule has 0 unspecified atom stereocenters. The summed E-state index contributed by atoms with van der Waals surface area (Å²) in [6, 6.07) is 22.1. The third kappa shape index (κ3) is 24.5. The first-order valence-electron chi connectivity index (χ1n) is 31.9. The Balaban J connectivity index is 1.35. The molecule has 0 aliphatic heterocycles. The fourth-order valence-corrected chi connectivity index (χ4v) is 10.7. The van der Waals surface area contributed by atoms with Crippen molar-refractivity contribution in [3.63, 3.8) is 0 Å². The van der Waals surface area contributed by atoms with E-state index in [0.29, 0.717) is 101 Å². The first-order chi connectivity index (χ1) is 45.7. The molecule has 0 radical (unpaired) electrons. The maximum Gasteiger partial charge on any atom is 0.341 e. The highest BCUT2D eigenvalue weighted by molar-refractivity contribution is 6.04. The molecule has 25 heteroatoms. The van der Waals surface area contributed by atoms with E-state index in [1.54, 1.807) is 24.3 Å². The Morgan fingerprint density at radius 2 is 0.726 bits per heavy atom. The van der Waals surface area contributed by atoms with Crippen molar-refractivity contribution in [1.82, 2.24) is 21.3 Å². The topological polar surface area (TPSA) is 432 Å². The number of amides is 5. The molecule has 0 aliphatic carbocycles. The summed E-state index contributed by atoms with van der Waals surface area (Å²) in [6.45, 7) is 0.492. The number of Topliss-reactive ketones (excluding diaryl/α,β-unsaturated/α-hetero) is 4. The van der Waals surface area contributed by atoms with Crippen LogP contribution in [0.2, 0.25) is 0 Å². The molecule has 0 saturated carbocycles. The molecule has 0 bridgehead atoms. The van der Waals surface area contributed by atoms with Gasteiger partial charge in [0.25, 0.3) is 23.6 Å². The van der Waals surface area contributed by atoms with Crippen molar-refractivity contribution < 1.29 is 72.0 Å². The van der Waals surface area contributed by atoms with E-state index in [-0.39, 0.29) is 108 Å². The highest BCUT2D eigenvalue weighted by Crippen LogP contribution is 2.27. The lowest BCUT2D eigenvalue weighted by molar-refractivity contribution is -0.139. The molecule has 25 nitrogen and oxygen atoms in total. The lowest BCUT2D eigenvalue weighted by Crippen LogP contribution is -2.49. The monoisotopic (exact) mass is 1310 g/mol. The molecular weight excluding hydrogens is 1220 g/mol. The van der Waals surface area contributed by atoms with E-state index in [4.69, 9.17) is 53.3 Å². The minimum atomic E-state index is -1.34. The zero-order valence-corrected chi connectivity index (χ0v) is 54.4. The van der Waals surface area contributed by atoms with Gasteiger partial charge in [0.15, 0.2) is 29.7 Å². The number of hydrogen-bond acceptors (Lipinski definition) is 19. The maximum absolute atomic E-state index is 14.5. The maximum atomic E-state index is 14.5. The van der Waals surface area contributed by atoms with Crippen LogP contribution in [0.25, 0.3) is 0 Å². The minimum Gasteiger partial charge on any atom is -0.496 e. The highest BCUT2D eigenvalue weighted by Gasteiger charge is 2.30. The van der Waals surface area contributed by atoms with Crippen LogP contribution in [0.15, 0.2) is 103 Å². The molecule has 5 aromatic carbocycles. The standard InChI is InChI=1S/C70H92N10O15/c1-92-61-25-21-44(33-48(61)66(76)87)38-57(81)55(19-9-13-31-73)79-69(90)51-36-47(24-28-64(51)95-42-65(85)86)41-59(83)54(18-8-12-30-72)78-67(88)49-34-45(22-26-62(49)93-2)39-58(82)53(17-7-11-29-71)77-68(89)50-35-46(23-27-63(50)94-3)40-60(84)56(20-10-14-32-74)80-70(91)52(75)37-43-15-5-4-6-16-43/h4-6,15-16,21-28,33-36,52-56H,7-14,17-20,29-32,37-42,71-75H2,1-3H3,(H2,76,87)(H,77,89)(H,78,88)(H,79,90)(H,80,91)(H,85,86)/t52-,53-,54-,55-,56-/m0/s1. The summed E-state index contributed by atoms with van der Waals surface area (Å²) in [4.78, 5) is 137. The Hall–Kier alpha value is -9.40. The average Bonchev–Trinajstić information content (AvgIpc) is 0.933. The van der Waals surface area contributed by atoms with Crippen LogP contribution in [0.1, 0.15) is 146 Å². The number of methoxy groups -OCH3 is 3. The summed E-state index contributed by atoms with van der Waals surface area (Å²) in [5.41, 5.74) is 37.4. The van der Waals surface area contributed by atoms with Gasteiger partial charge in [-0.15, -0.1) is 0 Å². The number of rotatable bonds is 45. The summed E-state index contributed by atoms with van der Waals surface area (Å²) in [6.07, 6.45) is 4.17. The van der Waals surface area contributed by atoms with Crippen LogP contribution in [0.4, 0.5) is 0 Å². The second-order valence-electron chi connectivity index (χ2n) is 23.1. The summed E-state index contributed by atoms with van der Waals surface area (Å²) in [5.74, 6) is -6.08. The van der Waals surface area contributed by atoms with Gasteiger partial charge in [-0.05, 0) is 186 Å². The van der Waals surface area contributed by atoms with Gasteiger partial charge in [0.1, 0.15) is 23.0 Å². The van der Waals surface area contributed by atoms with Gasteiger partial charge in [0.2, 0.25) is 5.91 Å². The molecule has 0 aliphatic rings. The predicted octanol–water partition coefficient (Wildman–Crippen LogP) is 3.69. The van der Waals surface area contributed by atoms with Crippen LogP contribution < -0.4 is 74.6 Å². The number of ether oxygens (including phenoxy) is 4. The summed E-state index contributed by atoms with van der Waals surface area (Å²) < 4.78 is 21.9. The zero-order chi connectivity index (χ0) is 69.4. The third-order valence-electron chi connectivity index (χ3n) is 15.9. The number of hydrogen-bond donors (Lipinski definition) is 11. The van der Waals surface area contributed by atoms with E-state index in [0.717, 1.165) is 5.56 Å². The Morgan fingerprint density at radius 1 is 0.411 bits per heavy atom. The Kier molecular flexibility index (Phi) is 32.1. The molecule has 5 atom stereocenters. The van der Waals surface area contributed by atoms with Crippen molar-refractivity contribution in [3.05, 3.63) is 153 Å². The normalized spacial score (nSPS) is 12.6. The Morgan fingerprint density at radius 3 is 1.05 bits per heavy atom. The molecule has 0 aromatic heterocycles. The van der Waals surface area contributed by atoms with Crippen molar-refractivity contribution in [2.75, 3.05) is 54.1 Å². The average molecular weight is 1310 g/mol. The van der Waals surface area contributed by atoms with Crippen molar-refractivity contribution in [2.24, 2.45) is 34.4 Å². The largest absolute Gasteiger partial charge is 0.496 e. The van der Waals surface area contributed by atoms with E-state index < -0.39 is 89.7 Å². The molecule has 17 N–H and O–H groups in total. The van der Waals surface area contributed by atoms with Gasteiger partial charge in [0.05, 0.1) is 73.8 Å². The second-order valence-corrected chi connectivity index (χ2v) is 23.1. The first-order valence-corrected chi connectivity index (χ1v) is 31.9. The van der Waals surface area contributed by atoms with Crippen LogP contribution in [0.5, 0.6) is 23.0 Å². The molecule has 5 rings (SSSR count). The molecule has 0 saturated heterocycles. The molecular formula is C70H92N10O15. The van der Waals surface area contributed by atoms with E-state index in [1.165, 1.54) is 69.9 Å². The number of nitrogens with one attached hydrogen (secondary N) is 4. The fraction of sp³-hybridized carbons (Fsp3) is 0.429. The number of ketones is 4. The van der Waals surface area contributed by atoms with Crippen LogP contribution in [-0.2, 0) is 60.9 Å². The van der Waals surface area contributed by atoms with E-state index >= 15 is 0 Å². The summed E-state index contributed by atoms with van der Waals surface area (Å²) in [5, 5.41) is 20.8. The van der Waals surface area contributed by atoms with Crippen LogP contribution in [-0.4, -0.2) is 148 Å². The van der Waals surface area contributed by atoms with Crippen LogP contribution in [0, 0.1) is 0 Å². The molecule has 0 fully saturated rings. The van der Waals surface area contributed by atoms with Gasteiger partial charge in [-0.25, -0.2) is 4.79 Å². The van der Waals surface area contributed by atoms with Gasteiger partial charge in [-0.2, -0.15) is 0 Å². The molecule has 95 heavy (non-hydrogen) atoms. The quantitative estimate of drug-likeness (QED) is 0.0248. The van der Waals surface area contributed by atoms with Crippen molar-refractivity contribution in [3.8, 4) is 23.0 Å². The molecule has 5 aromatic rings. The number of carbonyl (C=O) groups excluding carboxylic acids is 9. The molecule has 512 valence electrons. The summed E-state index contributed by atoms with van der Waals surface area (Å²) in [7, 11) is 4.10. The van der Waals surface area contributed by atoms with Crippen molar-refractivity contribution in [1.29, 1.82) is 0 Å². The van der Waals surface area contributed by atoms with E-state index in [2.05, 4.69) is 21.3 Å². The minimum absolute atomic E-state index is 0.0137. The fourth-order valence-electron chi connectivity index (χ4n) is 10.7. The van der Waals surface area contributed by atoms with Gasteiger partial charge < -0.3 is 79.7 Å². The molecule has 0 heterocycles. The Bertz CT molecular complexity index is 3440. The number of nitrogens with two attached hydrogens (primary N) is 6. The second kappa shape index (κ2) is 40.0. The third-order valence-corrected chi connectivity index (χ3v) is 15.9. The van der Waals surface area contributed by atoms with Gasteiger partial charge in [0, 0.05) is 25.7 Å². The van der Waals surface area contributed by atoms with E-state index in [1.807, 2.05) is 30.3 Å². The predicted molar refractivity (Wildman–Crippen MR) is 357 cm³/mol. The van der Waals surface area contributed by atoms with Crippen LogP contribution >= 0.6 is 0 Å². The number of aliphatic carboxylic acids is 1. The number of carboxylic acids is 1. The highest BCUT2D eigenvalue weighted by atomic mass is 16.5. The number of primary amides is 1. The number of unbranched alkanes of at least 4 members (excludes halogenated alkanes) is 4. The van der Waals surface area contributed by atoms with Crippen LogP contribution in [0.3, 0.4) is 0 Å². The van der Waals surface area contributed by atoms with Gasteiger partial charge in [-0.1, -0.05) is 54.6 Å². The summed E-state index contributed by atoms with van der Waals surface area (Å²) >= 11 is 0. The zero-order valence-electron chi connectivity index (χ0n) is 54.4. The van der Waals surface area contributed by atoms with E-state index in [9.17, 15) is 53.1 Å². The Labute approximate surface area is 553 Å². The molecule has 5 amide bonds. The van der Waals surface area contributed by atoms with Crippen molar-refractivity contribution in [2.45, 2.75) is 139 Å². The smallest absolute Gasteiger partial charge is 0.341 e. The first kappa shape index (κ1) is 76.3. The van der Waals surface area contributed by atoms with Gasteiger partial charge in [-0.3, -0.25) is 43.2 Å². The number of carbonyl (C=O) groups is 10. The lowest BCUT2D eigenvalue weighted by Gasteiger charge is -2.21. The number of benzene rings is 5. The lowest BCUT2D eigenvalue weighted by atomic mass is 9.95. The molecule has 0 spiro atoms. The van der Waals surface area contributed by atoms with Crippen molar-refractivity contribution >= 4 is 58.6 Å². The number of carboxylic acid groups (broad SMARTS) is 1. The van der Waals surface area contributed by atoms with Gasteiger partial charge >= 0.3 is 5.97 Å².